The molecule has 4 aliphatic carbocycles. The van der Waals surface area contributed by atoms with Crippen LogP contribution in [0.15, 0.2) is 11.6 Å². The predicted octanol–water partition coefficient (Wildman–Crippen LogP) is 2.85. The van der Waals surface area contributed by atoms with Crippen molar-refractivity contribution in [1.29, 1.82) is 0 Å². The van der Waals surface area contributed by atoms with Gasteiger partial charge < -0.3 is 10.2 Å². The van der Waals surface area contributed by atoms with Crippen molar-refractivity contribution in [3.8, 4) is 0 Å². The van der Waals surface area contributed by atoms with Crippen LogP contribution in [-0.4, -0.2) is 28.2 Å². The standard InChI is InChI=1S/C19H28O3/c1-18-7-5-12(20)9-11(18)3-4-13-14(18)6-8-19(2)15(13)10-16(21)17(19)22/h9,13-17,21-22H,3-8,10H2,1-2H3/t13-,14?,15?,16+,17+,18+,19+/m1/s1. The molecule has 0 aliphatic heterocycles. The maximum Gasteiger partial charge on any atom is 0.155 e. The summed E-state index contributed by atoms with van der Waals surface area (Å²) < 4.78 is 0. The fraction of sp³-hybridized carbons (Fsp3) is 0.842. The average Bonchev–Trinajstić information content (AvgIpc) is 2.72. The Hall–Kier alpha value is -0.670. The molecule has 122 valence electrons. The third-order valence-corrected chi connectivity index (χ3v) is 7.94. The Bertz CT molecular complexity index is 539. The molecule has 2 N–H and O–H groups in total. The van der Waals surface area contributed by atoms with E-state index in [4.69, 9.17) is 0 Å². The van der Waals surface area contributed by atoms with Gasteiger partial charge in [-0.2, -0.15) is 0 Å². The van der Waals surface area contributed by atoms with E-state index < -0.39 is 12.2 Å². The Morgan fingerprint density at radius 2 is 1.86 bits per heavy atom. The number of carbonyl (C=O) groups is 1. The van der Waals surface area contributed by atoms with Crippen molar-refractivity contribution in [2.24, 2.45) is 28.6 Å². The van der Waals surface area contributed by atoms with Gasteiger partial charge in [-0.1, -0.05) is 19.4 Å². The van der Waals surface area contributed by atoms with Gasteiger partial charge in [-0.25, -0.2) is 0 Å². The van der Waals surface area contributed by atoms with Gasteiger partial charge in [-0.15, -0.1) is 0 Å². The quantitative estimate of drug-likeness (QED) is 0.723. The molecule has 0 bridgehead atoms. The van der Waals surface area contributed by atoms with Crippen LogP contribution in [-0.2, 0) is 4.79 Å². The average molecular weight is 304 g/mol. The number of fused-ring (bicyclic) bond motifs is 5. The zero-order valence-electron chi connectivity index (χ0n) is 13.7. The van der Waals surface area contributed by atoms with Gasteiger partial charge in [0, 0.05) is 6.42 Å². The molecule has 0 spiro atoms. The molecule has 0 aromatic heterocycles. The first kappa shape index (κ1) is 14.9. The van der Waals surface area contributed by atoms with Crippen molar-refractivity contribution in [2.75, 3.05) is 0 Å². The lowest BCUT2D eigenvalue weighted by molar-refractivity contribution is -0.118. The third kappa shape index (κ3) is 1.78. The van der Waals surface area contributed by atoms with Crippen LogP contribution in [0, 0.1) is 28.6 Å². The molecule has 4 aliphatic rings. The van der Waals surface area contributed by atoms with Gasteiger partial charge in [0.2, 0.25) is 0 Å². The fourth-order valence-corrected chi connectivity index (χ4v) is 6.55. The van der Waals surface area contributed by atoms with Crippen molar-refractivity contribution < 1.29 is 15.0 Å². The Morgan fingerprint density at radius 3 is 2.64 bits per heavy atom. The van der Waals surface area contributed by atoms with E-state index in [-0.39, 0.29) is 10.8 Å². The summed E-state index contributed by atoms with van der Waals surface area (Å²) >= 11 is 0. The van der Waals surface area contributed by atoms with Gasteiger partial charge in [0.15, 0.2) is 5.78 Å². The molecule has 3 saturated carbocycles. The van der Waals surface area contributed by atoms with E-state index in [1.807, 2.05) is 6.08 Å². The first-order valence-corrected chi connectivity index (χ1v) is 8.96. The molecule has 0 aromatic rings. The minimum Gasteiger partial charge on any atom is -0.390 e. The molecule has 0 amide bonds. The fourth-order valence-electron chi connectivity index (χ4n) is 6.55. The molecule has 4 rings (SSSR count). The van der Waals surface area contributed by atoms with Gasteiger partial charge >= 0.3 is 0 Å². The van der Waals surface area contributed by atoms with Gasteiger partial charge in [0.1, 0.15) is 0 Å². The smallest absolute Gasteiger partial charge is 0.155 e. The number of allylic oxidation sites excluding steroid dienone is 1. The largest absolute Gasteiger partial charge is 0.390 e. The monoisotopic (exact) mass is 304 g/mol. The third-order valence-electron chi connectivity index (χ3n) is 7.94. The second kappa shape index (κ2) is 4.67. The summed E-state index contributed by atoms with van der Waals surface area (Å²) in [5, 5.41) is 20.7. The van der Waals surface area contributed by atoms with Crippen molar-refractivity contribution in [1.82, 2.24) is 0 Å². The van der Waals surface area contributed by atoms with Crippen LogP contribution in [0.1, 0.15) is 58.8 Å². The molecule has 7 atom stereocenters. The maximum atomic E-state index is 11.8. The first-order valence-electron chi connectivity index (χ1n) is 8.96. The number of carbonyl (C=O) groups excluding carboxylic acids is 1. The molecule has 3 nitrogen and oxygen atoms in total. The van der Waals surface area contributed by atoms with Crippen LogP contribution < -0.4 is 0 Å². The first-order chi connectivity index (χ1) is 10.4. The van der Waals surface area contributed by atoms with Crippen LogP contribution in [0.3, 0.4) is 0 Å². The van der Waals surface area contributed by atoms with Gasteiger partial charge in [-0.3, -0.25) is 4.79 Å². The van der Waals surface area contributed by atoms with Crippen LogP contribution in [0.4, 0.5) is 0 Å². The summed E-state index contributed by atoms with van der Waals surface area (Å²) in [4.78, 5) is 11.8. The number of ketones is 1. The second-order valence-corrected chi connectivity index (χ2v) is 8.76. The predicted molar refractivity (Wildman–Crippen MR) is 84.1 cm³/mol. The second-order valence-electron chi connectivity index (χ2n) is 8.76. The zero-order chi connectivity index (χ0) is 15.7. The molecule has 0 heterocycles. The van der Waals surface area contributed by atoms with E-state index in [0.29, 0.717) is 30.0 Å². The SMILES string of the molecule is C[C@]12CCC(=O)C=C1CC[C@@H]1C2CC[C@@]2(C)C1C[C@H](O)[C@@H]2O. The molecule has 22 heavy (non-hydrogen) atoms. The normalized spacial score (nSPS) is 54.3. The summed E-state index contributed by atoms with van der Waals surface area (Å²) in [5.74, 6) is 1.96. The minimum atomic E-state index is -0.559. The molecule has 0 radical (unpaired) electrons. The Balaban J connectivity index is 1.69. The number of hydrogen-bond donors (Lipinski definition) is 2. The van der Waals surface area contributed by atoms with Crippen LogP contribution in [0.25, 0.3) is 0 Å². The Labute approximate surface area is 132 Å². The number of aliphatic hydroxyl groups is 2. The highest BCUT2D eigenvalue weighted by atomic mass is 16.3. The van der Waals surface area contributed by atoms with E-state index >= 15 is 0 Å². The van der Waals surface area contributed by atoms with Crippen molar-refractivity contribution in [3.63, 3.8) is 0 Å². The van der Waals surface area contributed by atoms with Crippen LogP contribution in [0.2, 0.25) is 0 Å². The van der Waals surface area contributed by atoms with Gasteiger partial charge in [0.25, 0.3) is 0 Å². The van der Waals surface area contributed by atoms with Crippen LogP contribution in [0.5, 0.6) is 0 Å². The van der Waals surface area contributed by atoms with E-state index in [1.54, 1.807) is 0 Å². The highest BCUT2D eigenvalue weighted by Crippen LogP contribution is 2.65. The summed E-state index contributed by atoms with van der Waals surface area (Å²) in [5.41, 5.74) is 1.45. The highest BCUT2D eigenvalue weighted by Gasteiger charge is 2.60. The molecule has 2 unspecified atom stereocenters. The Morgan fingerprint density at radius 1 is 1.09 bits per heavy atom. The van der Waals surface area contributed by atoms with E-state index in [9.17, 15) is 15.0 Å². The van der Waals surface area contributed by atoms with Crippen molar-refractivity contribution in [2.45, 2.75) is 71.0 Å². The summed E-state index contributed by atoms with van der Waals surface area (Å²) in [6.07, 6.45) is 7.56. The minimum absolute atomic E-state index is 0.108. The van der Waals surface area contributed by atoms with E-state index in [0.717, 1.165) is 38.5 Å². The molecule has 3 heteroatoms. The van der Waals surface area contributed by atoms with Crippen LogP contribution >= 0.6 is 0 Å². The summed E-state index contributed by atoms with van der Waals surface area (Å²) in [6.45, 7) is 4.55. The zero-order valence-corrected chi connectivity index (χ0v) is 13.7. The van der Waals surface area contributed by atoms with E-state index in [2.05, 4.69) is 13.8 Å². The van der Waals surface area contributed by atoms with Crippen molar-refractivity contribution in [3.05, 3.63) is 11.6 Å². The molecule has 0 saturated heterocycles. The Kier molecular flexibility index (Phi) is 3.16. The summed E-state index contributed by atoms with van der Waals surface area (Å²) in [6, 6.07) is 0. The highest BCUT2D eigenvalue weighted by molar-refractivity contribution is 5.91. The maximum absolute atomic E-state index is 11.8. The topological polar surface area (TPSA) is 57.5 Å². The van der Waals surface area contributed by atoms with E-state index in [1.165, 1.54) is 5.57 Å². The van der Waals surface area contributed by atoms with Gasteiger partial charge in [0.05, 0.1) is 12.2 Å². The molecule has 0 aromatic carbocycles. The lowest BCUT2D eigenvalue weighted by Crippen LogP contribution is -2.51. The number of aliphatic hydroxyl groups excluding tert-OH is 2. The van der Waals surface area contributed by atoms with Gasteiger partial charge in [-0.05, 0) is 73.2 Å². The molecular formula is C19H28O3. The number of rotatable bonds is 0. The lowest BCUT2D eigenvalue weighted by Gasteiger charge is -2.57. The number of hydrogen-bond acceptors (Lipinski definition) is 3. The molecule has 3 fully saturated rings. The molecular weight excluding hydrogens is 276 g/mol. The summed E-state index contributed by atoms with van der Waals surface area (Å²) in [7, 11) is 0. The lowest BCUT2D eigenvalue weighted by atomic mass is 9.47. The van der Waals surface area contributed by atoms with Crippen molar-refractivity contribution >= 4 is 5.78 Å².